The average molecular weight is 290 g/mol. The number of pyridine rings is 1. The molecule has 0 amide bonds. The van der Waals surface area contributed by atoms with Crippen LogP contribution in [0.5, 0.6) is 5.75 Å². The SMILES string of the molecule is N=c1ccccn1-c1ccc(N=Nc2ccc(O)cc2)cc1. The van der Waals surface area contributed by atoms with Gasteiger partial charge in [0.15, 0.2) is 0 Å². The van der Waals surface area contributed by atoms with Gasteiger partial charge in [-0.25, -0.2) is 0 Å². The summed E-state index contributed by atoms with van der Waals surface area (Å²) in [5.74, 6) is 0.203. The van der Waals surface area contributed by atoms with Gasteiger partial charge in [0.05, 0.1) is 11.4 Å². The van der Waals surface area contributed by atoms with E-state index in [2.05, 4.69) is 10.2 Å². The molecule has 1 heterocycles. The van der Waals surface area contributed by atoms with E-state index in [1.807, 2.05) is 42.6 Å². The van der Waals surface area contributed by atoms with Crippen molar-refractivity contribution in [1.29, 1.82) is 5.41 Å². The molecule has 0 radical (unpaired) electrons. The molecule has 3 rings (SSSR count). The quantitative estimate of drug-likeness (QED) is 0.701. The van der Waals surface area contributed by atoms with Crippen LogP contribution < -0.4 is 5.49 Å². The first-order valence-corrected chi connectivity index (χ1v) is 6.76. The number of phenolic OH excluding ortho intramolecular Hbond substituents is 1. The van der Waals surface area contributed by atoms with Crippen LogP contribution in [0.2, 0.25) is 0 Å². The first-order chi connectivity index (χ1) is 10.7. The third-order valence-electron chi connectivity index (χ3n) is 3.12. The zero-order valence-electron chi connectivity index (χ0n) is 11.7. The Kier molecular flexibility index (Phi) is 3.78. The van der Waals surface area contributed by atoms with E-state index in [4.69, 9.17) is 5.41 Å². The van der Waals surface area contributed by atoms with E-state index in [-0.39, 0.29) is 5.75 Å². The summed E-state index contributed by atoms with van der Waals surface area (Å²) in [6, 6.07) is 19.5. The monoisotopic (exact) mass is 290 g/mol. The number of rotatable bonds is 3. The van der Waals surface area contributed by atoms with Gasteiger partial charge < -0.3 is 9.67 Å². The number of nitrogens with zero attached hydrogens (tertiary/aromatic N) is 3. The molecule has 22 heavy (non-hydrogen) atoms. The van der Waals surface area contributed by atoms with Crippen LogP contribution in [-0.2, 0) is 0 Å². The summed E-state index contributed by atoms with van der Waals surface area (Å²) < 4.78 is 1.78. The second-order valence-corrected chi connectivity index (χ2v) is 4.69. The fraction of sp³-hybridized carbons (Fsp3) is 0. The molecule has 0 bridgehead atoms. The maximum atomic E-state index is 9.21. The highest BCUT2D eigenvalue weighted by molar-refractivity contribution is 5.46. The number of hydrogen-bond acceptors (Lipinski definition) is 4. The van der Waals surface area contributed by atoms with Crippen molar-refractivity contribution in [2.24, 2.45) is 10.2 Å². The van der Waals surface area contributed by atoms with Crippen LogP contribution in [0.3, 0.4) is 0 Å². The number of hydrogen-bond donors (Lipinski definition) is 2. The second-order valence-electron chi connectivity index (χ2n) is 4.69. The van der Waals surface area contributed by atoms with E-state index in [0.717, 1.165) is 11.4 Å². The van der Waals surface area contributed by atoms with Crippen LogP contribution in [0.15, 0.2) is 83.2 Å². The third-order valence-corrected chi connectivity index (χ3v) is 3.12. The van der Waals surface area contributed by atoms with Crippen LogP contribution in [0.25, 0.3) is 5.69 Å². The predicted octanol–water partition coefficient (Wildman–Crippen LogP) is 4.08. The van der Waals surface area contributed by atoms with Crippen LogP contribution in [0.1, 0.15) is 0 Å². The Morgan fingerprint density at radius 3 is 1.95 bits per heavy atom. The van der Waals surface area contributed by atoms with Gasteiger partial charge >= 0.3 is 0 Å². The van der Waals surface area contributed by atoms with Crippen molar-refractivity contribution in [2.45, 2.75) is 0 Å². The topological polar surface area (TPSA) is 73.7 Å². The number of azo groups is 1. The number of nitrogens with one attached hydrogen (secondary N) is 1. The molecule has 108 valence electrons. The largest absolute Gasteiger partial charge is 0.508 e. The molecule has 1 aromatic heterocycles. The van der Waals surface area contributed by atoms with Gasteiger partial charge in [-0.1, -0.05) is 6.07 Å². The predicted molar refractivity (Wildman–Crippen MR) is 83.9 cm³/mol. The van der Waals surface area contributed by atoms with E-state index in [1.165, 1.54) is 0 Å². The fourth-order valence-electron chi connectivity index (χ4n) is 1.98. The third kappa shape index (κ3) is 3.09. The van der Waals surface area contributed by atoms with Gasteiger partial charge in [-0.2, -0.15) is 10.2 Å². The van der Waals surface area contributed by atoms with Crippen molar-refractivity contribution in [3.63, 3.8) is 0 Å². The van der Waals surface area contributed by atoms with Crippen molar-refractivity contribution >= 4 is 11.4 Å². The smallest absolute Gasteiger partial charge is 0.129 e. The minimum Gasteiger partial charge on any atom is -0.508 e. The van der Waals surface area contributed by atoms with E-state index in [1.54, 1.807) is 34.9 Å². The molecule has 3 aromatic rings. The van der Waals surface area contributed by atoms with Gasteiger partial charge in [0, 0.05) is 11.9 Å². The average Bonchev–Trinajstić information content (AvgIpc) is 2.55. The zero-order valence-corrected chi connectivity index (χ0v) is 11.7. The standard InChI is InChI=1S/C17H14N4O/c18-17-3-1-2-12-21(17)15-8-4-13(5-9-15)19-20-14-6-10-16(22)11-7-14/h1-12,18,22H. The molecular formula is C17H14N4O. The maximum absolute atomic E-state index is 9.21. The molecule has 0 aliphatic rings. The van der Waals surface area contributed by atoms with Crippen LogP contribution in [0, 0.1) is 5.41 Å². The molecule has 0 saturated heterocycles. The number of benzene rings is 2. The lowest BCUT2D eigenvalue weighted by atomic mass is 10.3. The molecule has 0 fully saturated rings. The highest BCUT2D eigenvalue weighted by Crippen LogP contribution is 2.21. The summed E-state index contributed by atoms with van der Waals surface area (Å²) in [7, 11) is 0. The lowest BCUT2D eigenvalue weighted by Gasteiger charge is -2.06. The first kappa shape index (κ1) is 13.8. The van der Waals surface area contributed by atoms with Crippen molar-refractivity contribution in [1.82, 2.24) is 4.57 Å². The Morgan fingerprint density at radius 1 is 0.773 bits per heavy atom. The van der Waals surface area contributed by atoms with Crippen molar-refractivity contribution in [3.05, 3.63) is 78.4 Å². The number of aromatic hydroxyl groups is 1. The highest BCUT2D eigenvalue weighted by atomic mass is 16.3. The normalized spacial score (nSPS) is 10.9. The Balaban J connectivity index is 1.81. The molecule has 2 aromatic carbocycles. The van der Waals surface area contributed by atoms with E-state index < -0.39 is 0 Å². The summed E-state index contributed by atoms with van der Waals surface area (Å²) in [6.45, 7) is 0. The first-order valence-electron chi connectivity index (χ1n) is 6.76. The summed E-state index contributed by atoms with van der Waals surface area (Å²) in [5, 5.41) is 25.3. The van der Waals surface area contributed by atoms with Gasteiger partial charge in [0.1, 0.15) is 11.2 Å². The minimum absolute atomic E-state index is 0.203. The van der Waals surface area contributed by atoms with Gasteiger partial charge in [0.2, 0.25) is 0 Å². The molecule has 5 nitrogen and oxygen atoms in total. The summed E-state index contributed by atoms with van der Waals surface area (Å²) in [6.07, 6.45) is 1.84. The minimum atomic E-state index is 0.203. The molecule has 2 N–H and O–H groups in total. The van der Waals surface area contributed by atoms with Crippen LogP contribution >= 0.6 is 0 Å². The fourth-order valence-corrected chi connectivity index (χ4v) is 1.98. The lowest BCUT2D eigenvalue weighted by Crippen LogP contribution is -2.15. The summed E-state index contributed by atoms with van der Waals surface area (Å²) >= 11 is 0. The molecule has 0 atom stereocenters. The highest BCUT2D eigenvalue weighted by Gasteiger charge is 1.97. The Labute approximate surface area is 127 Å². The molecule has 0 aliphatic carbocycles. The van der Waals surface area contributed by atoms with Gasteiger partial charge in [-0.15, -0.1) is 0 Å². The Morgan fingerprint density at radius 2 is 1.36 bits per heavy atom. The number of aromatic nitrogens is 1. The molecule has 5 heteroatoms. The van der Waals surface area contributed by atoms with E-state index >= 15 is 0 Å². The van der Waals surface area contributed by atoms with Gasteiger partial charge in [0.25, 0.3) is 0 Å². The number of phenols is 1. The lowest BCUT2D eigenvalue weighted by molar-refractivity contribution is 0.475. The molecule has 0 aliphatic heterocycles. The maximum Gasteiger partial charge on any atom is 0.129 e. The van der Waals surface area contributed by atoms with Crippen molar-refractivity contribution in [3.8, 4) is 11.4 Å². The molecule has 0 unspecified atom stereocenters. The van der Waals surface area contributed by atoms with Crippen LogP contribution in [0.4, 0.5) is 11.4 Å². The van der Waals surface area contributed by atoms with Crippen molar-refractivity contribution in [2.75, 3.05) is 0 Å². The van der Waals surface area contributed by atoms with E-state index in [9.17, 15) is 5.11 Å². The summed E-state index contributed by atoms with van der Waals surface area (Å²) in [4.78, 5) is 0. The molecular weight excluding hydrogens is 276 g/mol. The molecule has 0 spiro atoms. The van der Waals surface area contributed by atoms with Crippen molar-refractivity contribution < 1.29 is 5.11 Å². The Bertz CT molecular complexity index is 849. The zero-order chi connectivity index (χ0) is 15.4. The second kappa shape index (κ2) is 6.05. The molecule has 0 saturated carbocycles. The van der Waals surface area contributed by atoms with Crippen LogP contribution in [-0.4, -0.2) is 9.67 Å². The summed E-state index contributed by atoms with van der Waals surface area (Å²) in [5.41, 5.74) is 2.71. The van der Waals surface area contributed by atoms with E-state index in [0.29, 0.717) is 11.2 Å². The van der Waals surface area contributed by atoms with Gasteiger partial charge in [-0.3, -0.25) is 5.41 Å². The van der Waals surface area contributed by atoms with Gasteiger partial charge in [-0.05, 0) is 60.7 Å². The Hall–Kier alpha value is -3.21.